The van der Waals surface area contributed by atoms with Crippen LogP contribution >= 0.6 is 0 Å². The van der Waals surface area contributed by atoms with E-state index in [0.29, 0.717) is 45.4 Å². The quantitative estimate of drug-likeness (QED) is 0.342. The highest BCUT2D eigenvalue weighted by Gasteiger charge is 2.31. The van der Waals surface area contributed by atoms with Gasteiger partial charge < -0.3 is 23.7 Å². The predicted octanol–water partition coefficient (Wildman–Crippen LogP) is 5.12. The van der Waals surface area contributed by atoms with Gasteiger partial charge in [-0.05, 0) is 55.2 Å². The number of aryl methyl sites for hydroxylation is 1. The third kappa shape index (κ3) is 4.53. The molecular weight excluding hydrogens is 424 g/mol. The molecule has 33 heavy (non-hydrogen) atoms. The Labute approximate surface area is 193 Å². The van der Waals surface area contributed by atoms with E-state index >= 15 is 0 Å². The Morgan fingerprint density at radius 3 is 2.24 bits per heavy atom. The van der Waals surface area contributed by atoms with Crippen LogP contribution in [0.3, 0.4) is 0 Å². The number of hydrogen-bond acceptors (Lipinski definition) is 7. The second kappa shape index (κ2) is 9.57. The van der Waals surface area contributed by atoms with Gasteiger partial charge in [-0.25, -0.2) is 0 Å². The monoisotopic (exact) mass is 452 g/mol. The molecule has 0 aromatic heterocycles. The molecule has 7 heteroatoms. The van der Waals surface area contributed by atoms with Crippen LogP contribution in [-0.2, 0) is 4.79 Å². The van der Waals surface area contributed by atoms with Crippen molar-refractivity contribution in [1.82, 2.24) is 0 Å². The number of allylic oxidation sites excluding steroid dienone is 1. The van der Waals surface area contributed by atoms with Crippen molar-refractivity contribution in [3.8, 4) is 28.7 Å². The van der Waals surface area contributed by atoms with Crippen LogP contribution in [0.15, 0.2) is 30.0 Å². The standard InChI is InChI=1S/C26H28O7/c1-15-10-18(32-26(28)17-8-6-5-7-9-17)14-19-23(15)24(27)20(33-19)11-16-12-21(29-2)25(31-4)22(13-16)30-3/h10-14,17H,5-9H2,1-4H3/b20-11-. The molecule has 0 N–H and O–H groups in total. The van der Waals surface area contributed by atoms with Gasteiger partial charge in [-0.15, -0.1) is 0 Å². The van der Waals surface area contributed by atoms with Crippen LogP contribution in [0.1, 0.15) is 53.6 Å². The van der Waals surface area contributed by atoms with Crippen LogP contribution < -0.4 is 23.7 Å². The largest absolute Gasteiger partial charge is 0.493 e. The topological polar surface area (TPSA) is 80.3 Å². The second-order valence-electron chi connectivity index (χ2n) is 8.27. The Balaban J connectivity index is 1.60. The molecule has 2 aromatic rings. The zero-order chi connectivity index (χ0) is 23.5. The van der Waals surface area contributed by atoms with Gasteiger partial charge in [0.2, 0.25) is 11.5 Å². The molecule has 0 radical (unpaired) electrons. The van der Waals surface area contributed by atoms with Crippen molar-refractivity contribution in [3.63, 3.8) is 0 Å². The van der Waals surface area contributed by atoms with E-state index in [2.05, 4.69) is 0 Å². The molecule has 1 aliphatic heterocycles. The number of benzene rings is 2. The summed E-state index contributed by atoms with van der Waals surface area (Å²) in [4.78, 5) is 25.6. The average molecular weight is 453 g/mol. The number of Topliss-reactive ketones (excluding diaryl/α,β-unsaturated/α-hetero) is 1. The molecule has 1 heterocycles. The molecule has 0 bridgehead atoms. The lowest BCUT2D eigenvalue weighted by Crippen LogP contribution is -2.22. The molecule has 0 unspecified atom stereocenters. The van der Waals surface area contributed by atoms with Crippen LogP contribution in [0.4, 0.5) is 0 Å². The van der Waals surface area contributed by atoms with Crippen molar-refractivity contribution in [2.24, 2.45) is 5.92 Å². The fourth-order valence-electron chi connectivity index (χ4n) is 4.41. The van der Waals surface area contributed by atoms with Crippen molar-refractivity contribution in [2.45, 2.75) is 39.0 Å². The van der Waals surface area contributed by atoms with E-state index in [1.165, 1.54) is 27.8 Å². The third-order valence-electron chi connectivity index (χ3n) is 6.09. The summed E-state index contributed by atoms with van der Waals surface area (Å²) in [6.45, 7) is 1.81. The number of methoxy groups -OCH3 is 3. The molecule has 7 nitrogen and oxygen atoms in total. The average Bonchev–Trinajstić information content (AvgIpc) is 3.13. The van der Waals surface area contributed by atoms with Gasteiger partial charge in [0.25, 0.3) is 0 Å². The highest BCUT2D eigenvalue weighted by atomic mass is 16.5. The molecule has 0 amide bonds. The molecule has 0 saturated heterocycles. The van der Waals surface area contributed by atoms with E-state index in [-0.39, 0.29) is 23.4 Å². The highest BCUT2D eigenvalue weighted by Crippen LogP contribution is 2.41. The minimum atomic E-state index is -0.235. The summed E-state index contributed by atoms with van der Waals surface area (Å²) in [6.07, 6.45) is 6.61. The molecule has 1 saturated carbocycles. The van der Waals surface area contributed by atoms with Crippen LogP contribution in [-0.4, -0.2) is 33.1 Å². The number of hydrogen-bond donors (Lipinski definition) is 0. The smallest absolute Gasteiger partial charge is 0.314 e. The number of ketones is 1. The molecule has 0 spiro atoms. The van der Waals surface area contributed by atoms with E-state index in [4.69, 9.17) is 23.7 Å². The van der Waals surface area contributed by atoms with Crippen LogP contribution in [0.25, 0.3) is 6.08 Å². The summed E-state index contributed by atoms with van der Waals surface area (Å²) in [6, 6.07) is 6.79. The van der Waals surface area contributed by atoms with Crippen molar-refractivity contribution < 1.29 is 33.3 Å². The number of rotatable bonds is 6. The second-order valence-corrected chi connectivity index (χ2v) is 8.27. The summed E-state index contributed by atoms with van der Waals surface area (Å²) in [5.41, 5.74) is 1.81. The molecule has 1 aliphatic carbocycles. The molecule has 4 rings (SSSR count). The Morgan fingerprint density at radius 2 is 1.64 bits per heavy atom. The van der Waals surface area contributed by atoms with E-state index in [1.54, 1.807) is 37.3 Å². The first-order valence-electron chi connectivity index (χ1n) is 11.1. The molecule has 1 fully saturated rings. The van der Waals surface area contributed by atoms with Crippen molar-refractivity contribution in [3.05, 3.63) is 46.7 Å². The maximum absolute atomic E-state index is 13.0. The lowest BCUT2D eigenvalue weighted by Gasteiger charge is -2.20. The lowest BCUT2D eigenvalue weighted by molar-refractivity contribution is -0.139. The highest BCUT2D eigenvalue weighted by molar-refractivity contribution is 6.15. The van der Waals surface area contributed by atoms with Gasteiger partial charge in [-0.3, -0.25) is 9.59 Å². The molecule has 2 aromatic carbocycles. The van der Waals surface area contributed by atoms with Gasteiger partial charge in [0.15, 0.2) is 17.3 Å². The molecule has 174 valence electrons. The Hall–Kier alpha value is -3.48. The SMILES string of the molecule is COc1cc(/C=C2\Oc3cc(OC(=O)C4CCCCC4)cc(C)c3C2=O)cc(OC)c1OC. The van der Waals surface area contributed by atoms with Gasteiger partial charge in [-0.1, -0.05) is 19.3 Å². The zero-order valence-electron chi connectivity index (χ0n) is 19.4. The maximum Gasteiger partial charge on any atom is 0.314 e. The predicted molar refractivity (Wildman–Crippen MR) is 122 cm³/mol. The summed E-state index contributed by atoms with van der Waals surface area (Å²) in [5.74, 6) is 1.83. The van der Waals surface area contributed by atoms with Crippen molar-refractivity contribution >= 4 is 17.8 Å². The minimum Gasteiger partial charge on any atom is -0.493 e. The number of ether oxygens (including phenoxy) is 5. The number of carbonyl (C=O) groups excluding carboxylic acids is 2. The normalized spacial score (nSPS) is 16.8. The van der Waals surface area contributed by atoms with Gasteiger partial charge in [-0.2, -0.15) is 0 Å². The Morgan fingerprint density at radius 1 is 0.970 bits per heavy atom. The Bertz CT molecular complexity index is 1080. The first-order valence-corrected chi connectivity index (χ1v) is 11.1. The van der Waals surface area contributed by atoms with Gasteiger partial charge >= 0.3 is 5.97 Å². The summed E-state index contributed by atoms with van der Waals surface area (Å²) < 4.78 is 27.6. The van der Waals surface area contributed by atoms with E-state index in [9.17, 15) is 9.59 Å². The summed E-state index contributed by atoms with van der Waals surface area (Å²) in [5, 5.41) is 0. The number of carbonyl (C=O) groups is 2. The minimum absolute atomic E-state index is 0.0645. The Kier molecular flexibility index (Phi) is 6.58. The third-order valence-corrected chi connectivity index (χ3v) is 6.09. The lowest BCUT2D eigenvalue weighted by atomic mass is 9.89. The zero-order valence-corrected chi connectivity index (χ0v) is 19.4. The van der Waals surface area contributed by atoms with Gasteiger partial charge in [0.05, 0.1) is 32.8 Å². The summed E-state index contributed by atoms with van der Waals surface area (Å²) >= 11 is 0. The van der Waals surface area contributed by atoms with Gasteiger partial charge in [0.1, 0.15) is 11.5 Å². The van der Waals surface area contributed by atoms with Crippen LogP contribution in [0.2, 0.25) is 0 Å². The molecule has 0 atom stereocenters. The van der Waals surface area contributed by atoms with E-state index in [0.717, 1.165) is 25.7 Å². The van der Waals surface area contributed by atoms with Crippen LogP contribution in [0, 0.1) is 12.8 Å². The van der Waals surface area contributed by atoms with Crippen LogP contribution in [0.5, 0.6) is 28.7 Å². The van der Waals surface area contributed by atoms with Crippen molar-refractivity contribution in [2.75, 3.05) is 21.3 Å². The van der Waals surface area contributed by atoms with Gasteiger partial charge in [0, 0.05) is 6.07 Å². The number of fused-ring (bicyclic) bond motifs is 1. The van der Waals surface area contributed by atoms with Crippen molar-refractivity contribution in [1.29, 1.82) is 0 Å². The number of esters is 1. The maximum atomic E-state index is 13.0. The first kappa shape index (κ1) is 22.7. The fourth-order valence-corrected chi connectivity index (χ4v) is 4.41. The van der Waals surface area contributed by atoms with E-state index in [1.807, 2.05) is 0 Å². The summed E-state index contributed by atoms with van der Waals surface area (Å²) in [7, 11) is 4.59. The molecule has 2 aliphatic rings. The fraction of sp³-hybridized carbons (Fsp3) is 0.385. The van der Waals surface area contributed by atoms with E-state index < -0.39 is 0 Å². The molecular formula is C26H28O7. The first-order chi connectivity index (χ1) is 15.9.